The summed E-state index contributed by atoms with van der Waals surface area (Å²) in [5.74, 6) is 0.00628. The fourth-order valence-corrected chi connectivity index (χ4v) is 2.47. The van der Waals surface area contributed by atoms with Gasteiger partial charge >= 0.3 is 0 Å². The number of hydrogen-bond acceptors (Lipinski definition) is 5. The van der Waals surface area contributed by atoms with E-state index < -0.39 is 5.91 Å². The Hall–Kier alpha value is -3.06. The molecule has 0 spiro atoms. The van der Waals surface area contributed by atoms with Gasteiger partial charge in [0.2, 0.25) is 5.91 Å². The topological polar surface area (TPSA) is 93.7 Å². The molecule has 0 aliphatic carbocycles. The molecular weight excluding hydrogens is 324 g/mol. The monoisotopic (exact) mass is 342 g/mol. The summed E-state index contributed by atoms with van der Waals surface area (Å²) in [6.45, 7) is 0.342. The molecule has 2 N–H and O–H groups in total. The van der Waals surface area contributed by atoms with Gasteiger partial charge in [0.1, 0.15) is 11.3 Å². The van der Waals surface area contributed by atoms with E-state index >= 15 is 0 Å². The predicted octanol–water partition coefficient (Wildman–Crippen LogP) is 2.22. The number of methoxy groups -OCH3 is 1. The summed E-state index contributed by atoms with van der Waals surface area (Å²) < 4.78 is 15.9. The smallest absolute Gasteiger partial charge is 0.287 e. The Labute approximate surface area is 143 Å². The first-order chi connectivity index (χ1) is 12.2. The van der Waals surface area contributed by atoms with Gasteiger partial charge in [0.05, 0.1) is 26.0 Å². The maximum Gasteiger partial charge on any atom is 0.287 e. The van der Waals surface area contributed by atoms with Crippen LogP contribution in [0.5, 0.6) is 0 Å². The van der Waals surface area contributed by atoms with Gasteiger partial charge in [-0.3, -0.25) is 9.59 Å². The summed E-state index contributed by atoms with van der Waals surface area (Å²) in [7, 11) is 1.55. The van der Waals surface area contributed by atoms with Crippen LogP contribution in [0.4, 0.5) is 0 Å². The average Bonchev–Trinajstić information content (AvgIpc) is 3.26. The zero-order chi connectivity index (χ0) is 17.6. The molecule has 3 aromatic rings. The summed E-state index contributed by atoms with van der Waals surface area (Å²) in [5, 5.41) is 6.03. The molecule has 25 heavy (non-hydrogen) atoms. The molecule has 2 amide bonds. The third-order valence-corrected chi connectivity index (χ3v) is 3.64. The molecule has 0 atom stereocenters. The lowest BCUT2D eigenvalue weighted by atomic mass is 10.1. The van der Waals surface area contributed by atoms with E-state index in [1.807, 2.05) is 18.2 Å². The number of para-hydroxylation sites is 1. The fourth-order valence-electron chi connectivity index (χ4n) is 2.47. The third kappa shape index (κ3) is 3.89. The van der Waals surface area contributed by atoms with Crippen molar-refractivity contribution in [2.45, 2.75) is 13.2 Å². The van der Waals surface area contributed by atoms with Gasteiger partial charge in [-0.15, -0.1) is 0 Å². The van der Waals surface area contributed by atoms with Crippen LogP contribution in [-0.4, -0.2) is 25.5 Å². The zero-order valence-corrected chi connectivity index (χ0v) is 13.7. The van der Waals surface area contributed by atoms with Crippen LogP contribution in [-0.2, 0) is 22.7 Å². The third-order valence-electron chi connectivity index (χ3n) is 3.64. The minimum Gasteiger partial charge on any atom is -0.467 e. The molecule has 0 saturated heterocycles. The Morgan fingerprint density at radius 2 is 1.96 bits per heavy atom. The highest BCUT2D eigenvalue weighted by Crippen LogP contribution is 2.26. The Morgan fingerprint density at radius 3 is 2.72 bits per heavy atom. The Kier molecular flexibility index (Phi) is 5.15. The number of rotatable bonds is 7. The number of amides is 2. The molecule has 2 heterocycles. The second-order valence-electron chi connectivity index (χ2n) is 5.38. The number of benzene rings is 1. The molecule has 0 fully saturated rings. The first-order valence-corrected chi connectivity index (χ1v) is 7.75. The van der Waals surface area contributed by atoms with Gasteiger partial charge in [0.25, 0.3) is 5.91 Å². The summed E-state index contributed by atoms with van der Waals surface area (Å²) in [6, 6.07) is 10.8. The van der Waals surface area contributed by atoms with Crippen molar-refractivity contribution in [3.05, 3.63) is 59.7 Å². The zero-order valence-electron chi connectivity index (χ0n) is 13.7. The molecule has 7 nitrogen and oxygen atoms in total. The molecular formula is C18H18N2O5. The lowest BCUT2D eigenvalue weighted by molar-refractivity contribution is -0.120. The van der Waals surface area contributed by atoms with E-state index in [9.17, 15) is 9.59 Å². The van der Waals surface area contributed by atoms with E-state index in [1.54, 1.807) is 25.3 Å². The number of carbonyl (C=O) groups excluding carboxylic acids is 2. The molecule has 0 aliphatic heterocycles. The minimum absolute atomic E-state index is 0.155. The van der Waals surface area contributed by atoms with E-state index in [0.29, 0.717) is 16.9 Å². The highest BCUT2D eigenvalue weighted by Gasteiger charge is 2.20. The highest BCUT2D eigenvalue weighted by molar-refractivity contribution is 6.00. The molecule has 7 heteroatoms. The Balaban J connectivity index is 1.63. The van der Waals surface area contributed by atoms with Crippen molar-refractivity contribution in [2.24, 2.45) is 0 Å². The molecule has 130 valence electrons. The lowest BCUT2D eigenvalue weighted by Gasteiger charge is -2.06. The van der Waals surface area contributed by atoms with Gasteiger partial charge < -0.3 is 24.2 Å². The standard InChI is InChI=1S/C18H18N2O5/c1-23-11-14-13-6-2-3-7-15(13)25-17(14)18(22)20-10-16(21)19-9-12-5-4-8-24-12/h2-8H,9-11H2,1H3,(H,19,21)(H,20,22). The second kappa shape index (κ2) is 7.67. The highest BCUT2D eigenvalue weighted by atomic mass is 16.5. The van der Waals surface area contributed by atoms with E-state index in [-0.39, 0.29) is 31.4 Å². The van der Waals surface area contributed by atoms with Crippen molar-refractivity contribution in [3.63, 3.8) is 0 Å². The maximum absolute atomic E-state index is 12.4. The summed E-state index contributed by atoms with van der Waals surface area (Å²) in [4.78, 5) is 24.2. The molecule has 0 radical (unpaired) electrons. The normalized spacial score (nSPS) is 10.8. The molecule has 0 bridgehead atoms. The van der Waals surface area contributed by atoms with Gasteiger partial charge in [0.15, 0.2) is 5.76 Å². The Morgan fingerprint density at radius 1 is 1.12 bits per heavy atom. The predicted molar refractivity (Wildman–Crippen MR) is 89.8 cm³/mol. The quantitative estimate of drug-likeness (QED) is 0.687. The van der Waals surface area contributed by atoms with Crippen LogP contribution in [0.3, 0.4) is 0 Å². The summed E-state index contributed by atoms with van der Waals surface area (Å²) >= 11 is 0. The molecule has 3 rings (SSSR count). The number of furan rings is 2. The number of nitrogens with one attached hydrogen (secondary N) is 2. The number of ether oxygens (including phenoxy) is 1. The number of carbonyl (C=O) groups is 2. The van der Waals surface area contributed by atoms with Crippen LogP contribution in [0.25, 0.3) is 11.0 Å². The van der Waals surface area contributed by atoms with E-state index in [0.717, 1.165) is 5.39 Å². The van der Waals surface area contributed by atoms with Crippen LogP contribution >= 0.6 is 0 Å². The van der Waals surface area contributed by atoms with Crippen molar-refractivity contribution < 1.29 is 23.2 Å². The maximum atomic E-state index is 12.4. The van der Waals surface area contributed by atoms with Gasteiger partial charge in [-0.2, -0.15) is 0 Å². The molecule has 0 unspecified atom stereocenters. The summed E-state index contributed by atoms with van der Waals surface area (Å²) in [6.07, 6.45) is 1.53. The van der Waals surface area contributed by atoms with Gasteiger partial charge in [-0.25, -0.2) is 0 Å². The second-order valence-corrected chi connectivity index (χ2v) is 5.38. The number of fused-ring (bicyclic) bond motifs is 1. The first-order valence-electron chi connectivity index (χ1n) is 7.75. The van der Waals surface area contributed by atoms with E-state index in [4.69, 9.17) is 13.6 Å². The average molecular weight is 342 g/mol. The molecule has 0 aliphatic rings. The van der Waals surface area contributed by atoms with Crippen molar-refractivity contribution in [1.29, 1.82) is 0 Å². The van der Waals surface area contributed by atoms with Crippen molar-refractivity contribution in [1.82, 2.24) is 10.6 Å². The minimum atomic E-state index is -0.462. The summed E-state index contributed by atoms with van der Waals surface area (Å²) in [5.41, 5.74) is 1.26. The molecule has 0 saturated carbocycles. The first kappa shape index (κ1) is 16.8. The largest absolute Gasteiger partial charge is 0.467 e. The van der Waals surface area contributed by atoms with Gasteiger partial charge in [-0.05, 0) is 18.2 Å². The van der Waals surface area contributed by atoms with Crippen molar-refractivity contribution in [2.75, 3.05) is 13.7 Å². The SMILES string of the molecule is COCc1c(C(=O)NCC(=O)NCc2ccco2)oc2ccccc12. The lowest BCUT2D eigenvalue weighted by Crippen LogP contribution is -2.36. The fraction of sp³-hybridized carbons (Fsp3) is 0.222. The van der Waals surface area contributed by atoms with Gasteiger partial charge in [-0.1, -0.05) is 18.2 Å². The number of hydrogen-bond donors (Lipinski definition) is 2. The van der Waals surface area contributed by atoms with Crippen LogP contribution in [0, 0.1) is 0 Å². The van der Waals surface area contributed by atoms with Gasteiger partial charge in [0, 0.05) is 18.1 Å². The van der Waals surface area contributed by atoms with E-state index in [1.165, 1.54) is 6.26 Å². The van der Waals surface area contributed by atoms with Crippen molar-refractivity contribution in [3.8, 4) is 0 Å². The Bertz CT molecular complexity index is 867. The van der Waals surface area contributed by atoms with E-state index in [2.05, 4.69) is 10.6 Å². The van der Waals surface area contributed by atoms with Crippen molar-refractivity contribution >= 4 is 22.8 Å². The van der Waals surface area contributed by atoms with Crippen LogP contribution < -0.4 is 10.6 Å². The van der Waals surface area contributed by atoms with Crippen LogP contribution in [0.1, 0.15) is 21.9 Å². The van der Waals surface area contributed by atoms with Crippen LogP contribution in [0.15, 0.2) is 51.5 Å². The van der Waals surface area contributed by atoms with Crippen LogP contribution in [0.2, 0.25) is 0 Å². The molecule has 2 aromatic heterocycles. The molecule has 1 aromatic carbocycles.